The Balaban J connectivity index is 2.75. The van der Waals surface area contributed by atoms with Crippen LogP contribution in [-0.2, 0) is 10.0 Å². The smallest absolute Gasteiger partial charge is 0.240 e. The van der Waals surface area contributed by atoms with Crippen LogP contribution in [0.5, 0.6) is 0 Å². The van der Waals surface area contributed by atoms with Crippen LogP contribution in [0.2, 0.25) is 0 Å². The van der Waals surface area contributed by atoms with E-state index < -0.39 is 10.0 Å². The van der Waals surface area contributed by atoms with E-state index in [1.54, 1.807) is 19.1 Å². The van der Waals surface area contributed by atoms with E-state index >= 15 is 0 Å². The fourth-order valence-electron chi connectivity index (χ4n) is 2.22. The lowest BCUT2D eigenvalue weighted by Crippen LogP contribution is -2.23. The van der Waals surface area contributed by atoms with E-state index in [4.69, 9.17) is 0 Å². The molecule has 0 saturated carbocycles. The molecule has 2 N–H and O–H groups in total. The molecule has 114 valence electrons. The molecule has 1 aromatic carbocycles. The third-order valence-corrected chi connectivity index (χ3v) is 4.71. The number of hydrogen-bond acceptors (Lipinski definition) is 3. The minimum Gasteiger partial charge on any atom is -0.382 e. The SMILES string of the molecule is CCCC(CCC)Nc1ccc(S(=O)(=O)NCC)cc1. The Kier molecular flexibility index (Phi) is 7.02. The second-order valence-corrected chi connectivity index (χ2v) is 6.71. The first-order valence-corrected chi connectivity index (χ1v) is 8.88. The predicted octanol–water partition coefficient (Wildman–Crippen LogP) is 3.37. The Labute approximate surface area is 123 Å². The third-order valence-electron chi connectivity index (χ3n) is 3.14. The molecule has 0 bridgehead atoms. The van der Waals surface area contributed by atoms with Crippen molar-refractivity contribution >= 4 is 15.7 Å². The molecule has 0 spiro atoms. The van der Waals surface area contributed by atoms with Gasteiger partial charge in [0, 0.05) is 18.3 Å². The monoisotopic (exact) mass is 298 g/mol. The Morgan fingerprint density at radius 1 is 1.00 bits per heavy atom. The predicted molar refractivity (Wildman–Crippen MR) is 84.5 cm³/mol. The number of nitrogens with one attached hydrogen (secondary N) is 2. The molecule has 0 amide bonds. The van der Waals surface area contributed by atoms with Gasteiger partial charge in [-0.25, -0.2) is 13.1 Å². The molecule has 0 aromatic heterocycles. The molecule has 20 heavy (non-hydrogen) atoms. The summed E-state index contributed by atoms with van der Waals surface area (Å²) in [4.78, 5) is 0.312. The quantitative estimate of drug-likeness (QED) is 0.735. The number of rotatable bonds is 9. The van der Waals surface area contributed by atoms with Crippen LogP contribution in [0.1, 0.15) is 46.5 Å². The summed E-state index contributed by atoms with van der Waals surface area (Å²) < 4.78 is 26.2. The zero-order valence-electron chi connectivity index (χ0n) is 12.6. The van der Waals surface area contributed by atoms with E-state index in [0.29, 0.717) is 17.5 Å². The number of sulfonamides is 1. The van der Waals surface area contributed by atoms with Crippen LogP contribution in [0.3, 0.4) is 0 Å². The van der Waals surface area contributed by atoms with Gasteiger partial charge in [-0.15, -0.1) is 0 Å². The van der Waals surface area contributed by atoms with Crippen molar-refractivity contribution in [3.63, 3.8) is 0 Å². The van der Waals surface area contributed by atoms with Gasteiger partial charge in [0.1, 0.15) is 0 Å². The molecule has 1 aromatic rings. The van der Waals surface area contributed by atoms with Crippen molar-refractivity contribution in [2.24, 2.45) is 0 Å². The summed E-state index contributed by atoms with van der Waals surface area (Å²) in [5.74, 6) is 0. The third kappa shape index (κ3) is 5.13. The van der Waals surface area contributed by atoms with E-state index in [1.165, 1.54) is 0 Å². The van der Waals surface area contributed by atoms with Crippen molar-refractivity contribution in [3.8, 4) is 0 Å². The van der Waals surface area contributed by atoms with Crippen LogP contribution < -0.4 is 10.0 Å². The van der Waals surface area contributed by atoms with Crippen molar-refractivity contribution in [2.45, 2.75) is 57.4 Å². The van der Waals surface area contributed by atoms with E-state index in [9.17, 15) is 8.42 Å². The summed E-state index contributed by atoms with van der Waals surface area (Å²) >= 11 is 0. The molecule has 0 heterocycles. The van der Waals surface area contributed by atoms with Gasteiger partial charge >= 0.3 is 0 Å². The topological polar surface area (TPSA) is 58.2 Å². The second-order valence-electron chi connectivity index (χ2n) is 4.94. The highest BCUT2D eigenvalue weighted by atomic mass is 32.2. The van der Waals surface area contributed by atoms with Gasteiger partial charge in [-0.1, -0.05) is 33.6 Å². The molecule has 0 aliphatic rings. The van der Waals surface area contributed by atoms with E-state index in [2.05, 4.69) is 23.9 Å². The van der Waals surface area contributed by atoms with Crippen LogP contribution in [0.25, 0.3) is 0 Å². The van der Waals surface area contributed by atoms with Crippen molar-refractivity contribution in [2.75, 3.05) is 11.9 Å². The molecule has 0 saturated heterocycles. The first-order chi connectivity index (χ1) is 9.53. The van der Waals surface area contributed by atoms with Crippen LogP contribution in [0, 0.1) is 0 Å². The zero-order valence-corrected chi connectivity index (χ0v) is 13.5. The summed E-state index contributed by atoms with van der Waals surface area (Å²) in [6, 6.07) is 7.43. The lowest BCUT2D eigenvalue weighted by Gasteiger charge is -2.19. The van der Waals surface area contributed by atoms with Gasteiger partial charge in [-0.3, -0.25) is 0 Å². The Bertz CT molecular complexity index is 477. The number of hydrogen-bond donors (Lipinski definition) is 2. The first-order valence-electron chi connectivity index (χ1n) is 7.39. The van der Waals surface area contributed by atoms with Crippen LogP contribution in [-0.4, -0.2) is 21.0 Å². The second kappa shape index (κ2) is 8.27. The molecule has 0 atom stereocenters. The van der Waals surface area contributed by atoms with Gasteiger partial charge in [0.2, 0.25) is 10.0 Å². The molecule has 5 heteroatoms. The highest BCUT2D eigenvalue weighted by Gasteiger charge is 2.12. The summed E-state index contributed by atoms with van der Waals surface area (Å²) in [7, 11) is -3.35. The lowest BCUT2D eigenvalue weighted by molar-refractivity contribution is 0.583. The van der Waals surface area contributed by atoms with E-state index in [-0.39, 0.29) is 0 Å². The van der Waals surface area contributed by atoms with Gasteiger partial charge < -0.3 is 5.32 Å². The van der Waals surface area contributed by atoms with Crippen molar-refractivity contribution < 1.29 is 8.42 Å². The zero-order chi connectivity index (χ0) is 15.0. The van der Waals surface area contributed by atoms with E-state index in [1.807, 2.05) is 12.1 Å². The molecule has 4 nitrogen and oxygen atoms in total. The molecule has 0 aliphatic carbocycles. The Morgan fingerprint density at radius 2 is 1.55 bits per heavy atom. The summed E-state index contributed by atoms with van der Waals surface area (Å²) in [6.45, 7) is 6.53. The van der Waals surface area contributed by atoms with Crippen LogP contribution in [0.4, 0.5) is 5.69 Å². The average Bonchev–Trinajstić information content (AvgIpc) is 2.40. The summed E-state index contributed by atoms with van der Waals surface area (Å²) in [5.41, 5.74) is 0.979. The molecule has 0 fully saturated rings. The average molecular weight is 298 g/mol. The molecule has 0 radical (unpaired) electrons. The maximum absolute atomic E-state index is 11.8. The molecule has 1 rings (SSSR count). The van der Waals surface area contributed by atoms with Gasteiger partial charge in [0.05, 0.1) is 4.90 Å². The number of anilines is 1. The largest absolute Gasteiger partial charge is 0.382 e. The van der Waals surface area contributed by atoms with Gasteiger partial charge in [0.25, 0.3) is 0 Å². The highest BCUT2D eigenvalue weighted by molar-refractivity contribution is 7.89. The minimum absolute atomic E-state index is 0.312. The molecule has 0 unspecified atom stereocenters. The normalized spacial score (nSPS) is 11.8. The minimum atomic E-state index is -3.35. The van der Waals surface area contributed by atoms with Crippen LogP contribution in [0.15, 0.2) is 29.2 Å². The Morgan fingerprint density at radius 3 is 2.00 bits per heavy atom. The maximum Gasteiger partial charge on any atom is 0.240 e. The maximum atomic E-state index is 11.8. The standard InChI is InChI=1S/C15H26N2O2S/c1-4-7-13(8-5-2)17-14-9-11-15(12-10-14)20(18,19)16-6-3/h9-13,16-17H,4-8H2,1-3H3. The summed E-state index contributed by atoms with van der Waals surface area (Å²) in [6.07, 6.45) is 4.55. The number of benzene rings is 1. The van der Waals surface area contributed by atoms with Crippen LogP contribution >= 0.6 is 0 Å². The fourth-order valence-corrected chi connectivity index (χ4v) is 3.27. The van der Waals surface area contributed by atoms with Crippen molar-refractivity contribution in [3.05, 3.63) is 24.3 Å². The molecule has 0 aliphatic heterocycles. The van der Waals surface area contributed by atoms with Gasteiger partial charge in [-0.05, 0) is 37.1 Å². The van der Waals surface area contributed by atoms with E-state index in [0.717, 1.165) is 31.4 Å². The Hall–Kier alpha value is -1.07. The summed E-state index contributed by atoms with van der Waals surface area (Å²) in [5, 5.41) is 3.48. The molecular weight excluding hydrogens is 272 g/mol. The van der Waals surface area contributed by atoms with Gasteiger partial charge in [-0.2, -0.15) is 0 Å². The first kappa shape index (κ1) is 17.0. The fraction of sp³-hybridized carbons (Fsp3) is 0.600. The lowest BCUT2D eigenvalue weighted by atomic mass is 10.1. The van der Waals surface area contributed by atoms with Gasteiger partial charge in [0.15, 0.2) is 0 Å². The van der Waals surface area contributed by atoms with Crippen molar-refractivity contribution in [1.82, 2.24) is 4.72 Å². The highest BCUT2D eigenvalue weighted by Crippen LogP contribution is 2.17. The van der Waals surface area contributed by atoms with Crippen molar-refractivity contribution in [1.29, 1.82) is 0 Å². The molecular formula is C15H26N2O2S.